The third kappa shape index (κ3) is 3.30. The molecule has 1 amide bonds. The zero-order valence-corrected chi connectivity index (χ0v) is 17.7. The molecule has 4 aromatic rings. The Morgan fingerprint density at radius 2 is 2.03 bits per heavy atom. The molecule has 31 heavy (non-hydrogen) atoms. The van der Waals surface area contributed by atoms with Crippen LogP contribution in [0.5, 0.6) is 0 Å². The van der Waals surface area contributed by atoms with Crippen molar-refractivity contribution in [2.24, 2.45) is 14.1 Å². The van der Waals surface area contributed by atoms with Crippen LogP contribution < -0.4 is 5.56 Å². The van der Waals surface area contributed by atoms with Gasteiger partial charge in [-0.25, -0.2) is 9.97 Å². The van der Waals surface area contributed by atoms with E-state index in [-0.39, 0.29) is 23.9 Å². The molecule has 160 valence electrons. The van der Waals surface area contributed by atoms with Gasteiger partial charge >= 0.3 is 0 Å². The third-order valence-corrected chi connectivity index (χ3v) is 6.23. The van der Waals surface area contributed by atoms with Gasteiger partial charge in [0, 0.05) is 33.6 Å². The number of hydrogen-bond acceptors (Lipinski definition) is 5. The number of aromatic nitrogens is 6. The summed E-state index contributed by atoms with van der Waals surface area (Å²) in [7, 11) is 3.76. The summed E-state index contributed by atoms with van der Waals surface area (Å²) >= 11 is 0. The molecule has 1 aliphatic heterocycles. The van der Waals surface area contributed by atoms with E-state index < -0.39 is 0 Å². The average molecular weight is 419 g/mol. The molecular formula is C22H25N7O2. The molecule has 0 spiro atoms. The van der Waals surface area contributed by atoms with Gasteiger partial charge in [0.2, 0.25) is 5.91 Å². The lowest BCUT2D eigenvalue weighted by Crippen LogP contribution is -2.40. The minimum absolute atomic E-state index is 0.0370. The van der Waals surface area contributed by atoms with Gasteiger partial charge in [-0.15, -0.1) is 0 Å². The summed E-state index contributed by atoms with van der Waals surface area (Å²) in [5.74, 6) is 0.958. The molecule has 1 aromatic carbocycles. The highest BCUT2D eigenvalue weighted by molar-refractivity contribution is 5.78. The van der Waals surface area contributed by atoms with Crippen molar-refractivity contribution in [2.75, 3.05) is 6.54 Å². The van der Waals surface area contributed by atoms with Crippen LogP contribution >= 0.6 is 0 Å². The first-order valence-electron chi connectivity index (χ1n) is 10.6. The molecule has 0 bridgehead atoms. The van der Waals surface area contributed by atoms with Crippen molar-refractivity contribution in [3.05, 3.63) is 53.0 Å². The topological polar surface area (TPSA) is 90.8 Å². The standard InChI is InChI=1S/C22H25N7O2/c1-26-17-8-4-3-7-16(17)25-21(26)18-9-5-6-11-29(18)19(30)10-12-28-14-23-20-15(22(28)31)13-24-27(20)2/h3-4,7-8,13-14,18H,5-6,9-12H2,1-2H3/t18-/m0/s1. The molecule has 1 saturated heterocycles. The molecule has 9 heteroatoms. The quantitative estimate of drug-likeness (QED) is 0.506. The maximum Gasteiger partial charge on any atom is 0.264 e. The van der Waals surface area contributed by atoms with Crippen molar-refractivity contribution in [3.8, 4) is 0 Å². The summed E-state index contributed by atoms with van der Waals surface area (Å²) in [5.41, 5.74) is 2.39. The molecule has 0 unspecified atom stereocenters. The highest BCUT2D eigenvalue weighted by Crippen LogP contribution is 2.32. The zero-order valence-electron chi connectivity index (χ0n) is 17.7. The monoisotopic (exact) mass is 419 g/mol. The van der Waals surface area contributed by atoms with Gasteiger partial charge in [-0.1, -0.05) is 12.1 Å². The maximum atomic E-state index is 13.2. The summed E-state index contributed by atoms with van der Waals surface area (Å²) < 4.78 is 5.16. The predicted octanol–water partition coefficient (Wildman–Crippen LogP) is 2.16. The van der Waals surface area contributed by atoms with E-state index in [4.69, 9.17) is 4.98 Å². The summed E-state index contributed by atoms with van der Waals surface area (Å²) in [6, 6.07) is 7.99. The van der Waals surface area contributed by atoms with Crippen LogP contribution in [0.15, 0.2) is 41.6 Å². The number of fused-ring (bicyclic) bond motifs is 2. The Morgan fingerprint density at radius 3 is 2.87 bits per heavy atom. The van der Waals surface area contributed by atoms with Crippen molar-refractivity contribution in [3.63, 3.8) is 0 Å². The second-order valence-electron chi connectivity index (χ2n) is 8.12. The number of benzene rings is 1. The van der Waals surface area contributed by atoms with Crippen LogP contribution in [0.25, 0.3) is 22.1 Å². The van der Waals surface area contributed by atoms with Crippen LogP contribution in [-0.4, -0.2) is 46.2 Å². The highest BCUT2D eigenvalue weighted by Gasteiger charge is 2.31. The van der Waals surface area contributed by atoms with Crippen molar-refractivity contribution in [1.29, 1.82) is 0 Å². The fourth-order valence-corrected chi connectivity index (χ4v) is 4.55. The van der Waals surface area contributed by atoms with E-state index in [1.807, 2.05) is 30.1 Å². The fourth-order valence-electron chi connectivity index (χ4n) is 4.55. The molecule has 0 N–H and O–H groups in total. The number of rotatable bonds is 4. The average Bonchev–Trinajstić information content (AvgIpc) is 3.34. The zero-order chi connectivity index (χ0) is 21.5. The van der Waals surface area contributed by atoms with Gasteiger partial charge in [0.1, 0.15) is 11.2 Å². The van der Waals surface area contributed by atoms with Gasteiger partial charge in [0.05, 0.1) is 29.6 Å². The van der Waals surface area contributed by atoms with Crippen LogP contribution in [0.3, 0.4) is 0 Å². The van der Waals surface area contributed by atoms with Crippen molar-refractivity contribution < 1.29 is 4.79 Å². The van der Waals surface area contributed by atoms with E-state index in [9.17, 15) is 9.59 Å². The minimum atomic E-state index is -0.170. The lowest BCUT2D eigenvalue weighted by Gasteiger charge is -2.35. The van der Waals surface area contributed by atoms with E-state index in [0.29, 0.717) is 24.1 Å². The van der Waals surface area contributed by atoms with Crippen LogP contribution in [0, 0.1) is 0 Å². The lowest BCUT2D eigenvalue weighted by atomic mass is 10.0. The molecule has 0 radical (unpaired) electrons. The van der Waals surface area contributed by atoms with Gasteiger partial charge in [-0.05, 0) is 31.4 Å². The molecule has 1 aliphatic rings. The summed E-state index contributed by atoms with van der Waals surface area (Å²) in [6.45, 7) is 1.00. The van der Waals surface area contributed by atoms with E-state index >= 15 is 0 Å². The van der Waals surface area contributed by atoms with E-state index in [1.165, 1.54) is 17.1 Å². The van der Waals surface area contributed by atoms with E-state index in [2.05, 4.69) is 20.7 Å². The summed E-state index contributed by atoms with van der Waals surface area (Å²) in [6.07, 6.45) is 6.21. The number of hydrogen-bond donors (Lipinski definition) is 0. The van der Waals surface area contributed by atoms with Gasteiger partial charge in [0.15, 0.2) is 5.65 Å². The minimum Gasteiger partial charge on any atom is -0.332 e. The number of amides is 1. The van der Waals surface area contributed by atoms with Crippen LogP contribution in [-0.2, 0) is 25.4 Å². The van der Waals surface area contributed by atoms with Gasteiger partial charge < -0.3 is 9.47 Å². The highest BCUT2D eigenvalue weighted by atomic mass is 16.2. The van der Waals surface area contributed by atoms with Crippen molar-refractivity contribution >= 4 is 28.0 Å². The van der Waals surface area contributed by atoms with Gasteiger partial charge in [-0.2, -0.15) is 5.10 Å². The van der Waals surface area contributed by atoms with Crippen LogP contribution in [0.1, 0.15) is 37.5 Å². The predicted molar refractivity (Wildman–Crippen MR) is 116 cm³/mol. The van der Waals surface area contributed by atoms with Gasteiger partial charge in [0.25, 0.3) is 5.56 Å². The number of imidazole rings is 1. The molecule has 1 atom stereocenters. The Labute approximate surface area is 178 Å². The second kappa shape index (κ2) is 7.64. The number of likely N-dealkylation sites (tertiary alicyclic amines) is 1. The second-order valence-corrected chi connectivity index (χ2v) is 8.12. The molecule has 5 rings (SSSR count). The Morgan fingerprint density at radius 1 is 1.19 bits per heavy atom. The first-order chi connectivity index (χ1) is 15.0. The Kier molecular flexibility index (Phi) is 4.80. The summed E-state index contributed by atoms with van der Waals surface area (Å²) in [4.78, 5) is 37.0. The SMILES string of the molecule is Cn1ncc2c(=O)n(CCC(=O)N3CCCC[C@H]3c3nc4ccccc4n3C)cnc21. The molecule has 0 aliphatic carbocycles. The Bertz CT molecular complexity index is 1330. The largest absolute Gasteiger partial charge is 0.332 e. The Balaban J connectivity index is 1.38. The molecular weight excluding hydrogens is 394 g/mol. The van der Waals surface area contributed by atoms with Crippen molar-refractivity contribution in [1.82, 2.24) is 33.8 Å². The fraction of sp³-hybridized carbons (Fsp3) is 0.409. The molecule has 3 aromatic heterocycles. The number of piperidine rings is 1. The smallest absolute Gasteiger partial charge is 0.264 e. The number of aryl methyl sites for hydroxylation is 3. The van der Waals surface area contributed by atoms with E-state index in [0.717, 1.165) is 36.1 Å². The third-order valence-electron chi connectivity index (χ3n) is 6.23. The molecule has 0 saturated carbocycles. The van der Waals surface area contributed by atoms with Crippen molar-refractivity contribution in [2.45, 2.75) is 38.3 Å². The van der Waals surface area contributed by atoms with Crippen LogP contribution in [0.4, 0.5) is 0 Å². The first kappa shape index (κ1) is 19.5. The summed E-state index contributed by atoms with van der Waals surface area (Å²) in [5, 5.41) is 4.56. The van der Waals surface area contributed by atoms with Crippen LogP contribution in [0.2, 0.25) is 0 Å². The van der Waals surface area contributed by atoms with Gasteiger partial charge in [-0.3, -0.25) is 18.8 Å². The molecule has 4 heterocycles. The lowest BCUT2D eigenvalue weighted by molar-refractivity contribution is -0.135. The normalized spacial score (nSPS) is 17.0. The number of nitrogens with zero attached hydrogens (tertiary/aromatic N) is 7. The number of para-hydroxylation sites is 2. The first-order valence-corrected chi connectivity index (χ1v) is 10.6. The van der Waals surface area contributed by atoms with E-state index in [1.54, 1.807) is 11.7 Å². The number of carbonyl (C=O) groups is 1. The maximum absolute atomic E-state index is 13.2. The molecule has 1 fully saturated rings. The molecule has 9 nitrogen and oxygen atoms in total. The number of carbonyl (C=O) groups excluding carboxylic acids is 1. The Hall–Kier alpha value is -3.49.